The van der Waals surface area contributed by atoms with E-state index in [1.54, 1.807) is 0 Å². The van der Waals surface area contributed by atoms with Crippen molar-refractivity contribution in [2.75, 3.05) is 14.2 Å². The van der Waals surface area contributed by atoms with Crippen LogP contribution in [-0.2, 0) is 9.47 Å². The van der Waals surface area contributed by atoms with E-state index in [4.69, 9.17) is 9.47 Å². The minimum Gasteiger partial charge on any atom is -0.464 e. The lowest BCUT2D eigenvalue weighted by atomic mass is 9.96. The van der Waals surface area contributed by atoms with Gasteiger partial charge < -0.3 is 9.47 Å². The number of rotatable bonds is 2. The van der Waals surface area contributed by atoms with Crippen LogP contribution in [0.15, 0.2) is 24.3 Å². The summed E-state index contributed by atoms with van der Waals surface area (Å²) in [4.78, 5) is 24.7. The fraction of sp³-hybridized carbons (Fsp3) is 0.200. The van der Waals surface area contributed by atoms with Crippen molar-refractivity contribution in [3.63, 3.8) is 0 Å². The molecule has 6 nitrogen and oxygen atoms in total. The highest BCUT2D eigenvalue weighted by molar-refractivity contribution is 6.22. The van der Waals surface area contributed by atoms with E-state index in [0.29, 0.717) is 11.1 Å². The molecule has 1 aliphatic rings. The molecule has 3 aromatic rings. The summed E-state index contributed by atoms with van der Waals surface area (Å²) in [5.41, 5.74) is 5.10. The number of aryl methyl sites for hydroxylation is 2. The van der Waals surface area contributed by atoms with E-state index in [1.165, 1.54) is 14.2 Å². The highest BCUT2D eigenvalue weighted by Crippen LogP contribution is 2.52. The number of ether oxygens (including phenoxy) is 2. The summed E-state index contributed by atoms with van der Waals surface area (Å²) in [5, 5.41) is 10.0. The molecule has 1 aliphatic carbocycles. The molecule has 0 saturated heterocycles. The predicted octanol–water partition coefficient (Wildman–Crippen LogP) is 3.47. The summed E-state index contributed by atoms with van der Waals surface area (Å²) in [6.45, 7) is 3.94. The van der Waals surface area contributed by atoms with E-state index in [1.807, 2.05) is 38.1 Å². The lowest BCUT2D eigenvalue weighted by molar-refractivity contribution is 0.0575. The number of hydrogen-bond acceptors (Lipinski definition) is 6. The largest absolute Gasteiger partial charge is 0.464 e. The number of carbonyl (C=O) groups excluding carboxylic acids is 2. The van der Waals surface area contributed by atoms with Crippen LogP contribution in [0.3, 0.4) is 0 Å². The zero-order chi connectivity index (χ0) is 18.6. The molecule has 0 N–H and O–H groups in total. The van der Waals surface area contributed by atoms with Crippen molar-refractivity contribution >= 4 is 22.7 Å². The molecule has 0 saturated carbocycles. The summed E-state index contributed by atoms with van der Waals surface area (Å²) >= 11 is 0. The summed E-state index contributed by atoms with van der Waals surface area (Å²) in [7, 11) is 2.59. The maximum Gasteiger partial charge on any atom is 0.359 e. The highest BCUT2D eigenvalue weighted by atomic mass is 16.5. The number of methoxy groups -OCH3 is 2. The van der Waals surface area contributed by atoms with Crippen LogP contribution in [-0.4, -0.2) is 36.4 Å². The lowest BCUT2D eigenvalue weighted by Gasteiger charge is -2.11. The van der Waals surface area contributed by atoms with Gasteiger partial charge in [0.25, 0.3) is 0 Å². The van der Waals surface area contributed by atoms with Gasteiger partial charge in [0.1, 0.15) is 0 Å². The number of hydrogen-bond donors (Lipinski definition) is 0. The number of benzene rings is 2. The van der Waals surface area contributed by atoms with Crippen LogP contribution in [0.4, 0.5) is 0 Å². The molecule has 0 unspecified atom stereocenters. The molecular formula is C20H16N2O4. The summed E-state index contributed by atoms with van der Waals surface area (Å²) < 4.78 is 9.79. The van der Waals surface area contributed by atoms with Crippen LogP contribution >= 0.6 is 0 Å². The Morgan fingerprint density at radius 2 is 1.15 bits per heavy atom. The van der Waals surface area contributed by atoms with E-state index in [9.17, 15) is 9.59 Å². The minimum absolute atomic E-state index is 0.0985. The van der Waals surface area contributed by atoms with E-state index in [2.05, 4.69) is 10.2 Å². The standard InChI is InChI=1S/C20H16N2O4/c1-9-5-7-11-8-6-10(2)13-14(11)12(9)15-16(13)18(20(24)26-4)22-21-17(15)19(23)25-3/h5-8H,1-4H3. The molecule has 0 spiro atoms. The third-order valence-corrected chi connectivity index (χ3v) is 4.83. The van der Waals surface area contributed by atoms with Gasteiger partial charge in [-0.25, -0.2) is 9.59 Å². The van der Waals surface area contributed by atoms with Gasteiger partial charge in [-0.1, -0.05) is 24.3 Å². The maximum atomic E-state index is 12.3. The molecule has 0 fully saturated rings. The molecule has 1 heterocycles. The molecule has 4 rings (SSSR count). The van der Waals surface area contributed by atoms with Gasteiger partial charge in [-0.3, -0.25) is 0 Å². The van der Waals surface area contributed by atoms with Crippen molar-refractivity contribution in [1.82, 2.24) is 10.2 Å². The molecule has 130 valence electrons. The summed E-state index contributed by atoms with van der Waals surface area (Å²) in [6.07, 6.45) is 0. The van der Waals surface area contributed by atoms with Gasteiger partial charge in [0.05, 0.1) is 14.2 Å². The van der Waals surface area contributed by atoms with Crippen LogP contribution in [0.5, 0.6) is 0 Å². The maximum absolute atomic E-state index is 12.3. The first-order valence-electron chi connectivity index (χ1n) is 8.10. The second-order valence-electron chi connectivity index (χ2n) is 6.24. The normalized spacial score (nSPS) is 11.4. The molecule has 26 heavy (non-hydrogen) atoms. The molecule has 6 heteroatoms. The summed E-state index contributed by atoms with van der Waals surface area (Å²) in [6, 6.07) is 8.04. The van der Waals surface area contributed by atoms with E-state index >= 15 is 0 Å². The van der Waals surface area contributed by atoms with Crippen molar-refractivity contribution in [1.29, 1.82) is 0 Å². The average molecular weight is 348 g/mol. The number of fused-ring (bicyclic) bond motifs is 3. The second kappa shape index (κ2) is 5.62. The number of aromatic nitrogens is 2. The van der Waals surface area contributed by atoms with Crippen LogP contribution in [0, 0.1) is 13.8 Å². The Kier molecular flexibility index (Phi) is 3.50. The van der Waals surface area contributed by atoms with Crippen molar-refractivity contribution in [2.45, 2.75) is 13.8 Å². The van der Waals surface area contributed by atoms with E-state index in [-0.39, 0.29) is 11.4 Å². The van der Waals surface area contributed by atoms with Crippen molar-refractivity contribution in [2.24, 2.45) is 0 Å². The minimum atomic E-state index is -0.591. The SMILES string of the molecule is COC(=O)c1nnc(C(=O)OC)c2c1-c1c(C)ccc3ccc(C)c-2c13. The molecule has 0 bridgehead atoms. The molecule has 2 aromatic carbocycles. The van der Waals surface area contributed by atoms with Crippen LogP contribution < -0.4 is 0 Å². The van der Waals surface area contributed by atoms with Gasteiger partial charge in [-0.05, 0) is 46.9 Å². The van der Waals surface area contributed by atoms with Crippen LogP contribution in [0.1, 0.15) is 32.1 Å². The summed E-state index contributed by atoms with van der Waals surface area (Å²) in [5.74, 6) is -1.18. The average Bonchev–Trinajstić information content (AvgIpc) is 3.03. The third kappa shape index (κ3) is 1.98. The topological polar surface area (TPSA) is 78.4 Å². The first kappa shape index (κ1) is 16.2. The zero-order valence-electron chi connectivity index (χ0n) is 14.8. The molecular weight excluding hydrogens is 332 g/mol. The molecule has 0 atom stereocenters. The molecule has 0 amide bonds. The number of nitrogens with zero attached hydrogens (tertiary/aromatic N) is 2. The van der Waals surface area contributed by atoms with E-state index in [0.717, 1.165) is 33.0 Å². The van der Waals surface area contributed by atoms with Crippen LogP contribution in [0.2, 0.25) is 0 Å². The zero-order valence-corrected chi connectivity index (χ0v) is 14.8. The second-order valence-corrected chi connectivity index (χ2v) is 6.24. The third-order valence-electron chi connectivity index (χ3n) is 4.83. The fourth-order valence-electron chi connectivity index (χ4n) is 3.67. The first-order chi connectivity index (χ1) is 12.5. The van der Waals surface area contributed by atoms with Crippen molar-refractivity contribution in [3.8, 4) is 22.3 Å². The molecule has 1 aromatic heterocycles. The van der Waals surface area contributed by atoms with Gasteiger partial charge in [-0.2, -0.15) is 0 Å². The van der Waals surface area contributed by atoms with Gasteiger partial charge in [0, 0.05) is 11.1 Å². The number of carbonyl (C=O) groups is 2. The lowest BCUT2D eigenvalue weighted by Crippen LogP contribution is -2.14. The predicted molar refractivity (Wildman–Crippen MR) is 96.1 cm³/mol. The Morgan fingerprint density at radius 3 is 1.54 bits per heavy atom. The fourth-order valence-corrected chi connectivity index (χ4v) is 3.67. The van der Waals surface area contributed by atoms with Crippen molar-refractivity contribution in [3.05, 3.63) is 46.8 Å². The van der Waals surface area contributed by atoms with Gasteiger partial charge >= 0.3 is 11.9 Å². The Labute approximate surface area is 149 Å². The smallest absolute Gasteiger partial charge is 0.359 e. The van der Waals surface area contributed by atoms with Crippen molar-refractivity contribution < 1.29 is 19.1 Å². The quantitative estimate of drug-likeness (QED) is 0.516. The monoisotopic (exact) mass is 348 g/mol. The Bertz CT molecular complexity index is 1030. The Hall–Kier alpha value is -3.28. The molecule has 0 aliphatic heterocycles. The van der Waals surface area contributed by atoms with Gasteiger partial charge in [0.2, 0.25) is 0 Å². The molecule has 0 radical (unpaired) electrons. The van der Waals surface area contributed by atoms with Gasteiger partial charge in [0.15, 0.2) is 11.4 Å². The van der Waals surface area contributed by atoms with E-state index < -0.39 is 11.9 Å². The Morgan fingerprint density at radius 1 is 0.731 bits per heavy atom. The highest BCUT2D eigenvalue weighted by Gasteiger charge is 2.35. The first-order valence-corrected chi connectivity index (χ1v) is 8.10. The Balaban J connectivity index is 2.25. The van der Waals surface area contributed by atoms with Gasteiger partial charge in [-0.15, -0.1) is 10.2 Å². The number of esters is 2. The van der Waals surface area contributed by atoms with Crippen LogP contribution in [0.25, 0.3) is 33.0 Å².